The summed E-state index contributed by atoms with van der Waals surface area (Å²) in [7, 11) is 0. The van der Waals surface area contributed by atoms with Gasteiger partial charge < -0.3 is 15.5 Å². The van der Waals surface area contributed by atoms with Crippen molar-refractivity contribution in [3.8, 4) is 17.0 Å². The zero-order valence-corrected chi connectivity index (χ0v) is 17.4. The summed E-state index contributed by atoms with van der Waals surface area (Å²) in [4.78, 5) is 39.6. The highest BCUT2D eigenvalue weighted by Crippen LogP contribution is 2.24. The van der Waals surface area contributed by atoms with Gasteiger partial charge in [-0.05, 0) is 55.2 Å². The minimum absolute atomic E-state index is 0.263. The zero-order valence-electron chi connectivity index (χ0n) is 17.4. The van der Waals surface area contributed by atoms with Crippen molar-refractivity contribution < 1.29 is 9.53 Å². The van der Waals surface area contributed by atoms with Crippen LogP contribution in [-0.4, -0.2) is 26.6 Å². The van der Waals surface area contributed by atoms with E-state index >= 15 is 0 Å². The molecule has 3 N–H and O–H groups in total. The van der Waals surface area contributed by atoms with Crippen molar-refractivity contribution in [2.75, 3.05) is 6.61 Å². The molecule has 0 spiro atoms. The van der Waals surface area contributed by atoms with Gasteiger partial charge in [0.1, 0.15) is 11.3 Å². The zero-order chi connectivity index (χ0) is 21.7. The van der Waals surface area contributed by atoms with Crippen molar-refractivity contribution in [3.05, 3.63) is 51.2 Å². The Morgan fingerprint density at radius 3 is 2.37 bits per heavy atom. The average Bonchev–Trinajstić information content (AvgIpc) is 3.17. The SMILES string of the molecule is CCCn1c(=O)c2[nH]c(-c3ccc(OCCCC(N)=O)cc3)cc2n(CCC)c1=O. The Balaban J connectivity index is 1.92. The van der Waals surface area contributed by atoms with Crippen LogP contribution in [0, 0.1) is 0 Å². The molecule has 0 atom stereocenters. The van der Waals surface area contributed by atoms with E-state index in [0.29, 0.717) is 55.7 Å². The summed E-state index contributed by atoms with van der Waals surface area (Å²) >= 11 is 0. The first kappa shape index (κ1) is 21.4. The Morgan fingerprint density at radius 1 is 1.07 bits per heavy atom. The minimum atomic E-state index is -0.340. The highest BCUT2D eigenvalue weighted by molar-refractivity contribution is 5.82. The Hall–Kier alpha value is -3.29. The molecule has 0 aliphatic heterocycles. The van der Waals surface area contributed by atoms with E-state index in [-0.39, 0.29) is 17.2 Å². The van der Waals surface area contributed by atoms with Crippen molar-refractivity contribution in [3.63, 3.8) is 0 Å². The number of hydrogen-bond acceptors (Lipinski definition) is 4. The lowest BCUT2D eigenvalue weighted by Gasteiger charge is -2.10. The summed E-state index contributed by atoms with van der Waals surface area (Å²) in [6.07, 6.45) is 2.36. The maximum atomic E-state index is 12.9. The molecule has 0 aliphatic rings. The summed E-state index contributed by atoms with van der Waals surface area (Å²) in [6, 6.07) is 9.30. The van der Waals surface area contributed by atoms with Gasteiger partial charge in [-0.3, -0.25) is 18.7 Å². The molecular weight excluding hydrogens is 384 g/mol. The van der Waals surface area contributed by atoms with E-state index in [1.165, 1.54) is 4.57 Å². The van der Waals surface area contributed by atoms with Crippen molar-refractivity contribution in [1.82, 2.24) is 14.1 Å². The van der Waals surface area contributed by atoms with E-state index in [9.17, 15) is 14.4 Å². The fourth-order valence-corrected chi connectivity index (χ4v) is 3.47. The van der Waals surface area contributed by atoms with E-state index in [2.05, 4.69) is 4.98 Å². The molecule has 0 bridgehead atoms. The standard InChI is InChI=1S/C22H28N4O4/c1-3-11-25-18-14-17(24-20(18)21(28)26(12-4-2)22(25)29)15-7-9-16(10-8-15)30-13-5-6-19(23)27/h7-10,14,24H,3-6,11-13H2,1-2H3,(H2,23,27). The number of aromatic amines is 1. The lowest BCUT2D eigenvalue weighted by Crippen LogP contribution is -2.39. The van der Waals surface area contributed by atoms with Gasteiger partial charge in [-0.1, -0.05) is 13.8 Å². The smallest absolute Gasteiger partial charge is 0.331 e. The third-order valence-corrected chi connectivity index (χ3v) is 4.90. The van der Waals surface area contributed by atoms with Crippen LogP contribution in [0.3, 0.4) is 0 Å². The molecule has 8 nitrogen and oxygen atoms in total. The lowest BCUT2D eigenvalue weighted by atomic mass is 10.1. The van der Waals surface area contributed by atoms with E-state index in [1.807, 2.05) is 44.2 Å². The maximum absolute atomic E-state index is 12.9. The number of carbonyl (C=O) groups excluding carboxylic acids is 1. The molecule has 0 saturated carbocycles. The highest BCUT2D eigenvalue weighted by Gasteiger charge is 2.16. The predicted octanol–water partition coefficient (Wildman–Crippen LogP) is 2.62. The van der Waals surface area contributed by atoms with Crippen LogP contribution in [0.25, 0.3) is 22.3 Å². The van der Waals surface area contributed by atoms with Crippen LogP contribution in [0.1, 0.15) is 39.5 Å². The largest absolute Gasteiger partial charge is 0.494 e. The number of benzene rings is 1. The number of H-pyrrole nitrogens is 1. The van der Waals surface area contributed by atoms with Crippen LogP contribution in [-0.2, 0) is 17.9 Å². The molecule has 1 amide bonds. The minimum Gasteiger partial charge on any atom is -0.494 e. The number of nitrogens with zero attached hydrogens (tertiary/aromatic N) is 2. The van der Waals surface area contributed by atoms with Crippen LogP contribution in [0.2, 0.25) is 0 Å². The number of hydrogen-bond donors (Lipinski definition) is 2. The Morgan fingerprint density at radius 2 is 1.73 bits per heavy atom. The number of nitrogens with one attached hydrogen (secondary N) is 1. The van der Waals surface area contributed by atoms with Crippen LogP contribution < -0.4 is 21.7 Å². The predicted molar refractivity (Wildman–Crippen MR) is 117 cm³/mol. The molecule has 0 fully saturated rings. The molecule has 0 saturated heterocycles. The molecule has 0 radical (unpaired) electrons. The molecule has 3 rings (SSSR count). The number of primary amides is 1. The third kappa shape index (κ3) is 4.48. The van der Waals surface area contributed by atoms with Crippen molar-refractivity contribution in [1.29, 1.82) is 0 Å². The molecule has 3 aromatic rings. The molecule has 160 valence electrons. The second-order valence-electron chi connectivity index (χ2n) is 7.28. The number of carbonyl (C=O) groups is 1. The van der Waals surface area contributed by atoms with Gasteiger partial charge in [0.2, 0.25) is 5.91 Å². The van der Waals surface area contributed by atoms with Crippen molar-refractivity contribution >= 4 is 16.9 Å². The first-order valence-electron chi connectivity index (χ1n) is 10.3. The maximum Gasteiger partial charge on any atom is 0.331 e. The first-order valence-corrected chi connectivity index (χ1v) is 10.3. The number of aromatic nitrogens is 3. The second-order valence-corrected chi connectivity index (χ2v) is 7.28. The summed E-state index contributed by atoms with van der Waals surface area (Å²) in [5.41, 5.74) is 7.29. The highest BCUT2D eigenvalue weighted by atomic mass is 16.5. The van der Waals surface area contributed by atoms with E-state index in [4.69, 9.17) is 10.5 Å². The number of nitrogens with two attached hydrogens (primary N) is 1. The quantitative estimate of drug-likeness (QED) is 0.499. The third-order valence-electron chi connectivity index (χ3n) is 4.90. The molecule has 1 aromatic carbocycles. The molecule has 0 aliphatic carbocycles. The lowest BCUT2D eigenvalue weighted by molar-refractivity contribution is -0.118. The van der Waals surface area contributed by atoms with Crippen molar-refractivity contribution in [2.45, 2.75) is 52.6 Å². The summed E-state index contributed by atoms with van der Waals surface area (Å²) in [6.45, 7) is 5.30. The van der Waals surface area contributed by atoms with Gasteiger partial charge in [0, 0.05) is 25.2 Å². The molecule has 2 aromatic heterocycles. The van der Waals surface area contributed by atoms with E-state index in [1.54, 1.807) is 4.57 Å². The van der Waals surface area contributed by atoms with Crippen LogP contribution in [0.15, 0.2) is 39.9 Å². The monoisotopic (exact) mass is 412 g/mol. The van der Waals surface area contributed by atoms with Gasteiger partial charge in [-0.2, -0.15) is 0 Å². The van der Waals surface area contributed by atoms with Gasteiger partial charge in [-0.15, -0.1) is 0 Å². The molecule has 0 unspecified atom stereocenters. The van der Waals surface area contributed by atoms with Gasteiger partial charge in [0.05, 0.1) is 12.1 Å². The van der Waals surface area contributed by atoms with Gasteiger partial charge in [0.25, 0.3) is 5.56 Å². The Kier molecular flexibility index (Phi) is 6.76. The Labute approximate surface area is 174 Å². The number of ether oxygens (including phenoxy) is 1. The fraction of sp³-hybridized carbons (Fsp3) is 0.409. The van der Waals surface area contributed by atoms with Gasteiger partial charge in [0.15, 0.2) is 0 Å². The van der Waals surface area contributed by atoms with Crippen molar-refractivity contribution in [2.24, 2.45) is 5.73 Å². The van der Waals surface area contributed by atoms with Crippen LogP contribution in [0.4, 0.5) is 0 Å². The first-order chi connectivity index (χ1) is 14.5. The van der Waals surface area contributed by atoms with Gasteiger partial charge >= 0.3 is 5.69 Å². The number of rotatable bonds is 10. The molecule has 2 heterocycles. The van der Waals surface area contributed by atoms with Crippen LogP contribution in [0.5, 0.6) is 5.75 Å². The number of amides is 1. The second kappa shape index (κ2) is 9.47. The van der Waals surface area contributed by atoms with Crippen LogP contribution >= 0.6 is 0 Å². The van der Waals surface area contributed by atoms with E-state index in [0.717, 1.165) is 17.7 Å². The summed E-state index contributed by atoms with van der Waals surface area (Å²) < 4.78 is 8.59. The fourth-order valence-electron chi connectivity index (χ4n) is 3.47. The Bertz CT molecular complexity index is 1140. The average molecular weight is 412 g/mol. The summed E-state index contributed by atoms with van der Waals surface area (Å²) in [5, 5.41) is 0. The normalized spacial score (nSPS) is 11.1. The van der Waals surface area contributed by atoms with Gasteiger partial charge in [-0.25, -0.2) is 4.79 Å². The molecule has 30 heavy (non-hydrogen) atoms. The topological polar surface area (TPSA) is 112 Å². The number of aryl methyl sites for hydroxylation is 1. The molecule has 8 heteroatoms. The summed E-state index contributed by atoms with van der Waals surface area (Å²) in [5.74, 6) is 0.347. The van der Waals surface area contributed by atoms with E-state index < -0.39 is 0 Å². The molecular formula is C22H28N4O4. The number of fused-ring (bicyclic) bond motifs is 1.